The molecule has 392 valence electrons. The van der Waals surface area contributed by atoms with E-state index in [0.717, 1.165) is 73.0 Å². The molecule has 0 spiro atoms. The van der Waals surface area contributed by atoms with E-state index in [4.69, 9.17) is 23.2 Å². The average Bonchev–Trinajstić information content (AvgIpc) is 4.29. The largest absolute Gasteiger partial charge is 0.351 e. The summed E-state index contributed by atoms with van der Waals surface area (Å²) < 4.78 is 4.37. The number of imidazole rings is 3. The fourth-order valence-electron chi connectivity index (χ4n) is 10.3. The summed E-state index contributed by atoms with van der Waals surface area (Å²) >= 11 is 12.0. The smallest absolute Gasteiger partial charge is 0.0952 e. The van der Waals surface area contributed by atoms with Crippen molar-refractivity contribution >= 4 is 23.2 Å². The van der Waals surface area contributed by atoms with Crippen LogP contribution in [0.15, 0.2) is 256 Å². The molecule has 0 aliphatic heterocycles. The number of H-pyrrole nitrogens is 1. The summed E-state index contributed by atoms with van der Waals surface area (Å²) in [5.41, 5.74) is 16.8. The molecule has 0 bridgehead atoms. The van der Waals surface area contributed by atoms with Gasteiger partial charge in [0.25, 0.3) is 0 Å². The molecule has 1 N–H and O–H groups in total. The van der Waals surface area contributed by atoms with Crippen LogP contribution in [-0.2, 0) is 32.4 Å². The van der Waals surface area contributed by atoms with E-state index in [9.17, 15) is 0 Å². The van der Waals surface area contributed by atoms with E-state index in [-0.39, 0.29) is 0 Å². The summed E-state index contributed by atoms with van der Waals surface area (Å²) in [4.78, 5) is 16.4. The monoisotopic (exact) mass is 1060 g/mol. The predicted octanol–water partition coefficient (Wildman–Crippen LogP) is 17.5. The zero-order chi connectivity index (χ0) is 53.7. The molecule has 0 saturated heterocycles. The van der Waals surface area contributed by atoms with Gasteiger partial charge in [0.15, 0.2) is 0 Å². The van der Waals surface area contributed by atoms with Gasteiger partial charge in [0.2, 0.25) is 0 Å². The van der Waals surface area contributed by atoms with Crippen LogP contribution >= 0.6 is 23.2 Å². The number of aromatic amines is 1. The van der Waals surface area contributed by atoms with Crippen molar-refractivity contribution in [1.29, 1.82) is 0 Å². The number of rotatable bonds is 19. The number of aryl methyl sites for hydroxylation is 5. The molecule has 8 aromatic carbocycles. The highest BCUT2D eigenvalue weighted by atomic mass is 35.5. The lowest BCUT2D eigenvalue weighted by atomic mass is 9.86. The Morgan fingerprint density at radius 2 is 0.872 bits per heavy atom. The minimum Gasteiger partial charge on any atom is -0.351 e. The van der Waals surface area contributed by atoms with E-state index < -0.39 is 0 Å². The number of benzene rings is 8. The van der Waals surface area contributed by atoms with Crippen molar-refractivity contribution in [2.45, 2.75) is 83.2 Å². The molecule has 0 fully saturated rings. The van der Waals surface area contributed by atoms with Crippen LogP contribution in [0.2, 0.25) is 10.0 Å². The fraction of sp³-hybridized carbons (Fsp3) is 0.186. The van der Waals surface area contributed by atoms with Crippen LogP contribution in [0.4, 0.5) is 0 Å². The Kier molecular flexibility index (Phi) is 19.9. The SMILES string of the molecule is Cc1cccc(C(CCc2c[nH]cn2)c2cccc(C)c2)c1.Clc1ccc(Cn2cnc(CCC(c3ccccc3)c3ccccc3)c2)cc1.Clc1ccc(Cn2cncc2CCC(c2ccccc2)c2ccccc2)cc1. The van der Waals surface area contributed by atoms with Crippen molar-refractivity contribution in [3.8, 4) is 0 Å². The lowest BCUT2D eigenvalue weighted by molar-refractivity contribution is 0.662. The van der Waals surface area contributed by atoms with Gasteiger partial charge in [-0.25, -0.2) is 15.0 Å². The highest BCUT2D eigenvalue weighted by molar-refractivity contribution is 6.30. The third-order valence-corrected chi connectivity index (χ3v) is 14.9. The minimum absolute atomic E-state index is 0.376. The van der Waals surface area contributed by atoms with Gasteiger partial charge in [-0.15, -0.1) is 0 Å². The van der Waals surface area contributed by atoms with Gasteiger partial charge in [-0.05, 0) is 121 Å². The van der Waals surface area contributed by atoms with Gasteiger partial charge >= 0.3 is 0 Å². The first-order chi connectivity index (χ1) is 38.3. The molecule has 11 aromatic rings. The summed E-state index contributed by atoms with van der Waals surface area (Å²) in [7, 11) is 0. The Morgan fingerprint density at radius 1 is 0.436 bits per heavy atom. The number of hydrogen-bond acceptors (Lipinski definition) is 3. The highest BCUT2D eigenvalue weighted by Crippen LogP contribution is 2.32. The van der Waals surface area contributed by atoms with E-state index in [1.165, 1.54) is 61.3 Å². The topological polar surface area (TPSA) is 64.3 Å². The van der Waals surface area contributed by atoms with Gasteiger partial charge in [-0.3, -0.25) is 0 Å². The molecule has 0 unspecified atom stereocenters. The second-order valence-corrected chi connectivity index (χ2v) is 21.0. The zero-order valence-electron chi connectivity index (χ0n) is 44.6. The molecule has 0 radical (unpaired) electrons. The van der Waals surface area contributed by atoms with Crippen molar-refractivity contribution in [3.05, 3.63) is 339 Å². The summed E-state index contributed by atoms with van der Waals surface area (Å²) in [6, 6.07) is 76.7. The van der Waals surface area contributed by atoms with Gasteiger partial charge in [0.05, 0.1) is 30.4 Å². The van der Waals surface area contributed by atoms with Crippen LogP contribution in [0.1, 0.15) is 110 Å². The minimum atomic E-state index is 0.376. The molecule has 0 aliphatic carbocycles. The lowest BCUT2D eigenvalue weighted by Crippen LogP contribution is -2.07. The van der Waals surface area contributed by atoms with Crippen LogP contribution in [0.25, 0.3) is 0 Å². The summed E-state index contributed by atoms with van der Waals surface area (Å²) in [5.74, 6) is 1.17. The van der Waals surface area contributed by atoms with Gasteiger partial charge in [0, 0.05) is 65.2 Å². The average molecular weight is 1060 g/mol. The van der Waals surface area contributed by atoms with E-state index in [1.807, 2.05) is 49.3 Å². The van der Waals surface area contributed by atoms with Gasteiger partial charge in [-0.1, -0.05) is 228 Å². The molecule has 11 rings (SSSR count). The molecule has 3 aromatic heterocycles. The number of hydrogen-bond donors (Lipinski definition) is 1. The van der Waals surface area contributed by atoms with Crippen molar-refractivity contribution in [3.63, 3.8) is 0 Å². The first-order valence-corrected chi connectivity index (χ1v) is 27.8. The maximum absolute atomic E-state index is 6.01. The Hall–Kier alpha value is -8.03. The number of aromatic nitrogens is 6. The third-order valence-electron chi connectivity index (χ3n) is 14.3. The normalized spacial score (nSPS) is 11.1. The van der Waals surface area contributed by atoms with Gasteiger partial charge in [0.1, 0.15) is 0 Å². The molecule has 0 amide bonds. The lowest BCUT2D eigenvalue weighted by Gasteiger charge is -2.19. The number of nitrogens with zero attached hydrogens (tertiary/aromatic N) is 5. The predicted molar refractivity (Wildman–Crippen MR) is 323 cm³/mol. The van der Waals surface area contributed by atoms with E-state index in [2.05, 4.69) is 243 Å². The molecule has 78 heavy (non-hydrogen) atoms. The van der Waals surface area contributed by atoms with Crippen LogP contribution in [-0.4, -0.2) is 29.1 Å². The van der Waals surface area contributed by atoms with Crippen LogP contribution < -0.4 is 0 Å². The first kappa shape index (κ1) is 54.7. The molecule has 0 saturated carbocycles. The number of halogens is 2. The fourth-order valence-corrected chi connectivity index (χ4v) is 10.6. The maximum Gasteiger partial charge on any atom is 0.0952 e. The molecule has 0 aliphatic rings. The van der Waals surface area contributed by atoms with Crippen LogP contribution in [0.3, 0.4) is 0 Å². The second-order valence-electron chi connectivity index (χ2n) is 20.1. The van der Waals surface area contributed by atoms with Crippen molar-refractivity contribution < 1.29 is 0 Å². The third kappa shape index (κ3) is 16.2. The van der Waals surface area contributed by atoms with Crippen molar-refractivity contribution in [1.82, 2.24) is 29.1 Å². The second kappa shape index (κ2) is 28.4. The summed E-state index contributed by atoms with van der Waals surface area (Å²) in [6.07, 6.45) is 17.8. The molecule has 6 nitrogen and oxygen atoms in total. The molecular weight excluding hydrogens is 996 g/mol. The van der Waals surface area contributed by atoms with Crippen molar-refractivity contribution in [2.75, 3.05) is 0 Å². The quantitative estimate of drug-likeness (QED) is 0.0878. The summed E-state index contributed by atoms with van der Waals surface area (Å²) in [5, 5.41) is 1.53. The van der Waals surface area contributed by atoms with E-state index in [1.54, 1.807) is 6.33 Å². The molecule has 8 heteroatoms. The zero-order valence-corrected chi connectivity index (χ0v) is 46.1. The van der Waals surface area contributed by atoms with Crippen LogP contribution in [0.5, 0.6) is 0 Å². The maximum atomic E-state index is 6.01. The van der Waals surface area contributed by atoms with E-state index in [0.29, 0.717) is 17.8 Å². The molecule has 0 atom stereocenters. The van der Waals surface area contributed by atoms with E-state index >= 15 is 0 Å². The number of nitrogens with one attached hydrogen (secondary N) is 1. The molecule has 3 heterocycles. The highest BCUT2D eigenvalue weighted by Gasteiger charge is 2.18. The standard InChI is InChI=1S/2C25H23ClN2.C20H22N2/c26-23-13-11-20(12-14-23)18-28-19-27-17-24(28)15-16-25(21-7-3-1-4-8-21)22-9-5-2-6-10-22;26-23-13-11-20(12-14-23)17-28-18-24(27-19-28)15-16-25(21-7-3-1-4-8-21)22-9-5-2-6-10-22;1-15-5-3-7-17(11-15)20(10-9-19-13-21-14-22-19)18-8-4-6-16(2)12-18/h1-14,17,19,25H,15-16,18H2;1-14,18-19,25H,15-17H2;3-8,11-14,20H,9-10H2,1-2H3,(H,21,22). The first-order valence-electron chi connectivity index (χ1n) is 27.1. The Bertz CT molecular complexity index is 3320. The molecular formula is C70H68Cl2N6. The summed E-state index contributed by atoms with van der Waals surface area (Å²) in [6.45, 7) is 5.94. The Balaban J connectivity index is 0.000000143. The van der Waals surface area contributed by atoms with Crippen molar-refractivity contribution in [2.24, 2.45) is 0 Å². The van der Waals surface area contributed by atoms with Gasteiger partial charge in [-0.2, -0.15) is 0 Å². The van der Waals surface area contributed by atoms with Crippen LogP contribution in [0, 0.1) is 13.8 Å². The Labute approximate surface area is 471 Å². The van der Waals surface area contributed by atoms with Gasteiger partial charge < -0.3 is 14.1 Å². The Morgan fingerprint density at radius 3 is 1.33 bits per heavy atom.